The number of guanidine groups is 1. The second-order valence-corrected chi connectivity index (χ2v) is 5.40. The van der Waals surface area contributed by atoms with Crippen molar-refractivity contribution in [1.82, 2.24) is 15.5 Å². The highest BCUT2D eigenvalue weighted by atomic mass is 15.2. The number of likely N-dealkylation sites (N-methyl/N-ethyl adjacent to an activating group) is 1. The number of hydrogen-bond acceptors (Lipinski definition) is 4. The van der Waals surface area contributed by atoms with E-state index < -0.39 is 0 Å². The Bertz CT molecular complexity index is 246. The molecule has 0 spiro atoms. The van der Waals surface area contributed by atoms with E-state index in [1.807, 2.05) is 0 Å². The number of nitrogens with zero attached hydrogens (tertiary/aromatic N) is 2. The zero-order chi connectivity index (χ0) is 13.4. The lowest BCUT2D eigenvalue weighted by Gasteiger charge is -2.32. The molecule has 1 aliphatic rings. The lowest BCUT2D eigenvalue weighted by atomic mass is 10.0. The highest BCUT2D eigenvalue weighted by Gasteiger charge is 2.17. The first-order valence-electron chi connectivity index (χ1n) is 7.43. The quantitative estimate of drug-likeness (QED) is 0.726. The molecule has 0 radical (unpaired) electrons. The van der Waals surface area contributed by atoms with Gasteiger partial charge < -0.3 is 10.6 Å². The summed E-state index contributed by atoms with van der Waals surface area (Å²) >= 11 is 0. The third-order valence-corrected chi connectivity index (χ3v) is 3.47. The van der Waals surface area contributed by atoms with E-state index in [0.717, 1.165) is 51.0 Å². The molecule has 0 aromatic rings. The number of nitrogens with one attached hydrogen (secondary N) is 2. The molecule has 1 heterocycles. The molecule has 4 heteroatoms. The maximum absolute atomic E-state index is 4.47. The minimum Gasteiger partial charge on any atom is -0.356 e. The number of aliphatic imine (C=N–C) groups is 1. The third kappa shape index (κ3) is 5.25. The van der Waals surface area contributed by atoms with Gasteiger partial charge >= 0.3 is 0 Å². The molecule has 0 saturated heterocycles. The maximum atomic E-state index is 4.47. The van der Waals surface area contributed by atoms with Crippen LogP contribution in [0.5, 0.6) is 0 Å². The fourth-order valence-electron chi connectivity index (χ4n) is 2.51. The molecule has 0 aliphatic carbocycles. The molecule has 4 nitrogen and oxygen atoms in total. The fraction of sp³-hybridized carbons (Fsp3) is 0.929. The Morgan fingerprint density at radius 2 is 2.06 bits per heavy atom. The average molecular weight is 254 g/mol. The van der Waals surface area contributed by atoms with E-state index in [1.165, 1.54) is 6.42 Å². The van der Waals surface area contributed by atoms with Crippen LogP contribution in [0.4, 0.5) is 0 Å². The highest BCUT2D eigenvalue weighted by Crippen LogP contribution is 2.10. The van der Waals surface area contributed by atoms with Gasteiger partial charge in [0.25, 0.3) is 0 Å². The van der Waals surface area contributed by atoms with Gasteiger partial charge in [0, 0.05) is 25.7 Å². The Kier molecular flexibility index (Phi) is 7.09. The molecule has 0 amide bonds. The summed E-state index contributed by atoms with van der Waals surface area (Å²) in [6, 6.07) is 0.603. The summed E-state index contributed by atoms with van der Waals surface area (Å²) in [5, 5.41) is 6.80. The van der Waals surface area contributed by atoms with Crippen LogP contribution < -0.4 is 10.6 Å². The second-order valence-electron chi connectivity index (χ2n) is 5.40. The van der Waals surface area contributed by atoms with Crippen LogP contribution >= 0.6 is 0 Å². The smallest absolute Gasteiger partial charge is 0.191 e. The molecule has 2 N–H and O–H groups in total. The first kappa shape index (κ1) is 15.3. The molecule has 106 valence electrons. The molecular weight excluding hydrogens is 224 g/mol. The van der Waals surface area contributed by atoms with E-state index in [9.17, 15) is 0 Å². The summed E-state index contributed by atoms with van der Waals surface area (Å²) in [6.07, 6.45) is 2.39. The van der Waals surface area contributed by atoms with Crippen LogP contribution in [0.2, 0.25) is 0 Å². The van der Waals surface area contributed by atoms with Crippen molar-refractivity contribution < 1.29 is 0 Å². The van der Waals surface area contributed by atoms with Gasteiger partial charge in [-0.25, -0.2) is 0 Å². The predicted octanol–water partition coefficient (Wildman–Crippen LogP) is 1.68. The maximum Gasteiger partial charge on any atom is 0.191 e. The number of hydrogen-bond donors (Lipinski definition) is 2. The summed E-state index contributed by atoms with van der Waals surface area (Å²) in [5.41, 5.74) is 0. The zero-order valence-corrected chi connectivity index (χ0v) is 12.5. The summed E-state index contributed by atoms with van der Waals surface area (Å²) in [6.45, 7) is 14.3. The van der Waals surface area contributed by atoms with Crippen LogP contribution in [0.15, 0.2) is 4.99 Å². The van der Waals surface area contributed by atoms with Crippen molar-refractivity contribution in [1.29, 1.82) is 0 Å². The summed E-state index contributed by atoms with van der Waals surface area (Å²) in [4.78, 5) is 7.01. The van der Waals surface area contributed by atoms with Gasteiger partial charge in [0.05, 0.1) is 0 Å². The topological polar surface area (TPSA) is 39.7 Å². The minimum atomic E-state index is 0.603. The molecule has 0 aromatic carbocycles. The van der Waals surface area contributed by atoms with Gasteiger partial charge in [0.2, 0.25) is 0 Å². The predicted molar refractivity (Wildman–Crippen MR) is 79.1 cm³/mol. The largest absolute Gasteiger partial charge is 0.356 e. The molecule has 0 bridgehead atoms. The molecule has 0 saturated carbocycles. The van der Waals surface area contributed by atoms with Crippen LogP contribution in [0.25, 0.3) is 0 Å². The van der Waals surface area contributed by atoms with Crippen molar-refractivity contribution >= 4 is 5.96 Å². The lowest BCUT2D eigenvalue weighted by molar-refractivity contribution is 0.191. The molecule has 1 unspecified atom stereocenters. The molecule has 0 fully saturated rings. The van der Waals surface area contributed by atoms with Crippen molar-refractivity contribution in [3.8, 4) is 0 Å². The lowest BCUT2D eigenvalue weighted by Crippen LogP contribution is -2.48. The monoisotopic (exact) mass is 254 g/mol. The highest BCUT2D eigenvalue weighted by molar-refractivity contribution is 5.80. The minimum absolute atomic E-state index is 0.603. The molecule has 0 aromatic heterocycles. The molecule has 1 rings (SSSR count). The Morgan fingerprint density at radius 3 is 2.56 bits per heavy atom. The van der Waals surface area contributed by atoms with Crippen molar-refractivity contribution in [3.05, 3.63) is 0 Å². The van der Waals surface area contributed by atoms with E-state index in [0.29, 0.717) is 6.04 Å². The Labute approximate surface area is 112 Å². The second kappa shape index (κ2) is 8.35. The van der Waals surface area contributed by atoms with Crippen molar-refractivity contribution in [2.24, 2.45) is 10.9 Å². The van der Waals surface area contributed by atoms with Gasteiger partial charge in [0.15, 0.2) is 5.96 Å². The van der Waals surface area contributed by atoms with E-state index in [-0.39, 0.29) is 0 Å². The fourth-order valence-corrected chi connectivity index (χ4v) is 2.51. The Balaban J connectivity index is 2.46. The first-order chi connectivity index (χ1) is 8.67. The van der Waals surface area contributed by atoms with E-state index in [2.05, 4.69) is 48.2 Å². The first-order valence-corrected chi connectivity index (χ1v) is 7.43. The van der Waals surface area contributed by atoms with Crippen LogP contribution in [0.1, 0.15) is 40.5 Å². The van der Waals surface area contributed by atoms with Gasteiger partial charge in [-0.05, 0) is 31.8 Å². The summed E-state index contributed by atoms with van der Waals surface area (Å²) in [7, 11) is 0. The van der Waals surface area contributed by atoms with Gasteiger partial charge in [-0.1, -0.05) is 27.7 Å². The zero-order valence-electron chi connectivity index (χ0n) is 12.5. The average Bonchev–Trinajstić information content (AvgIpc) is 2.38. The van der Waals surface area contributed by atoms with Gasteiger partial charge in [-0.15, -0.1) is 0 Å². The SMILES string of the molecule is CCN(CC)C(CNC1=NCCCN1)CC(C)C. The summed E-state index contributed by atoms with van der Waals surface area (Å²) < 4.78 is 0. The van der Waals surface area contributed by atoms with E-state index >= 15 is 0 Å². The van der Waals surface area contributed by atoms with Crippen LogP contribution in [0, 0.1) is 5.92 Å². The number of rotatable bonds is 7. The Hall–Kier alpha value is -0.770. The van der Waals surface area contributed by atoms with Gasteiger partial charge in [-0.2, -0.15) is 0 Å². The van der Waals surface area contributed by atoms with E-state index in [1.54, 1.807) is 0 Å². The van der Waals surface area contributed by atoms with Crippen molar-refractivity contribution in [2.45, 2.75) is 46.6 Å². The van der Waals surface area contributed by atoms with Crippen molar-refractivity contribution in [3.63, 3.8) is 0 Å². The molecule has 18 heavy (non-hydrogen) atoms. The summed E-state index contributed by atoms with van der Waals surface area (Å²) in [5.74, 6) is 1.72. The Morgan fingerprint density at radius 1 is 1.33 bits per heavy atom. The van der Waals surface area contributed by atoms with Crippen LogP contribution in [-0.4, -0.2) is 49.6 Å². The standard InChI is InChI=1S/C14H30N4/c1-5-18(6-2)13(10-12(3)4)11-17-14-15-8-7-9-16-14/h12-13H,5-11H2,1-4H3,(H2,15,16,17). The normalized spacial score (nSPS) is 17.6. The third-order valence-electron chi connectivity index (χ3n) is 3.47. The van der Waals surface area contributed by atoms with Gasteiger partial charge in [0.1, 0.15) is 0 Å². The van der Waals surface area contributed by atoms with Crippen LogP contribution in [-0.2, 0) is 0 Å². The van der Waals surface area contributed by atoms with Crippen molar-refractivity contribution in [2.75, 3.05) is 32.7 Å². The van der Waals surface area contributed by atoms with Crippen LogP contribution in [0.3, 0.4) is 0 Å². The molecule has 1 aliphatic heterocycles. The molecular formula is C14H30N4. The van der Waals surface area contributed by atoms with Gasteiger partial charge in [-0.3, -0.25) is 9.89 Å². The van der Waals surface area contributed by atoms with E-state index in [4.69, 9.17) is 0 Å². The molecule has 1 atom stereocenters.